The molecule has 2 aliphatic heterocycles. The van der Waals surface area contributed by atoms with Crippen LogP contribution < -0.4 is 0 Å². The van der Waals surface area contributed by atoms with Gasteiger partial charge < -0.3 is 9.47 Å². The minimum absolute atomic E-state index is 0.0101. The minimum atomic E-state index is -4.81. The van der Waals surface area contributed by atoms with E-state index in [0.29, 0.717) is 6.42 Å². The van der Waals surface area contributed by atoms with Crippen LogP contribution in [0.25, 0.3) is 0 Å². The number of hydrogen-bond acceptors (Lipinski definition) is 4. The zero-order chi connectivity index (χ0) is 14.9. The first-order valence-electron chi connectivity index (χ1n) is 6.34. The second-order valence-corrected chi connectivity index (χ2v) is 5.76. The summed E-state index contributed by atoms with van der Waals surface area (Å²) in [5.74, 6) is -1.81. The van der Waals surface area contributed by atoms with E-state index in [-0.39, 0.29) is 29.6 Å². The summed E-state index contributed by atoms with van der Waals surface area (Å²) in [6.45, 7) is 4.58. The third-order valence-electron chi connectivity index (χ3n) is 4.87. The highest BCUT2D eigenvalue weighted by Crippen LogP contribution is 2.72. The van der Waals surface area contributed by atoms with Gasteiger partial charge in [-0.25, -0.2) is 4.79 Å². The summed E-state index contributed by atoms with van der Waals surface area (Å²) in [6.07, 6.45) is -5.29. The standard InChI is InChI=1S/C13H13F3O4/c1-5-9-10(20-11(18)6(2)13(14,15)16)12(5)4-7(12)3-8(17)19-9/h5,7,9-10H,2-4H2,1H3. The Bertz CT molecular complexity index is 512. The van der Waals surface area contributed by atoms with Crippen LogP contribution in [0.1, 0.15) is 19.8 Å². The summed E-state index contributed by atoms with van der Waals surface area (Å²) >= 11 is 0. The molecule has 4 fully saturated rings. The van der Waals surface area contributed by atoms with Gasteiger partial charge in [0.15, 0.2) is 0 Å². The molecule has 4 nitrogen and oxygen atoms in total. The minimum Gasteiger partial charge on any atom is -0.458 e. The predicted molar refractivity (Wildman–Crippen MR) is 59.3 cm³/mol. The topological polar surface area (TPSA) is 52.6 Å². The monoisotopic (exact) mass is 290 g/mol. The molecule has 0 aromatic rings. The van der Waals surface area contributed by atoms with E-state index in [1.165, 1.54) is 0 Å². The fraction of sp³-hybridized carbons (Fsp3) is 0.692. The van der Waals surface area contributed by atoms with Gasteiger partial charge >= 0.3 is 18.1 Å². The normalized spacial score (nSPS) is 41.7. The maximum Gasteiger partial charge on any atom is 0.422 e. The number of hydrogen-bond donors (Lipinski definition) is 0. The van der Waals surface area contributed by atoms with Gasteiger partial charge in [0.2, 0.25) is 0 Å². The number of carbonyl (C=O) groups is 2. The highest BCUT2D eigenvalue weighted by molar-refractivity contribution is 5.89. The number of alkyl halides is 3. The highest BCUT2D eigenvalue weighted by atomic mass is 19.4. The second-order valence-electron chi connectivity index (χ2n) is 5.76. The Kier molecular flexibility index (Phi) is 2.53. The first-order chi connectivity index (χ1) is 9.18. The average Bonchev–Trinajstić information content (AvgIpc) is 3.08. The third kappa shape index (κ3) is 1.61. The van der Waals surface area contributed by atoms with Crippen LogP contribution in [0.15, 0.2) is 12.2 Å². The number of ether oxygens (including phenoxy) is 2. The lowest BCUT2D eigenvalue weighted by Crippen LogP contribution is -2.59. The summed E-state index contributed by atoms with van der Waals surface area (Å²) in [5, 5.41) is 0. The molecular weight excluding hydrogens is 277 g/mol. The van der Waals surface area contributed by atoms with Crippen molar-refractivity contribution in [2.45, 2.75) is 38.1 Å². The molecule has 2 aliphatic carbocycles. The lowest BCUT2D eigenvalue weighted by molar-refractivity contribution is -0.212. The average molecular weight is 290 g/mol. The molecule has 2 bridgehead atoms. The number of carbonyl (C=O) groups excluding carboxylic acids is 2. The van der Waals surface area contributed by atoms with Gasteiger partial charge in [0.05, 0.1) is 0 Å². The van der Waals surface area contributed by atoms with E-state index < -0.39 is 29.9 Å². The van der Waals surface area contributed by atoms with Crippen molar-refractivity contribution in [1.29, 1.82) is 0 Å². The fourth-order valence-corrected chi connectivity index (χ4v) is 3.59. The van der Waals surface area contributed by atoms with Crippen molar-refractivity contribution >= 4 is 11.9 Å². The molecule has 4 aliphatic rings. The van der Waals surface area contributed by atoms with Crippen LogP contribution in [0.5, 0.6) is 0 Å². The Morgan fingerprint density at radius 2 is 2.15 bits per heavy atom. The molecule has 0 amide bonds. The van der Waals surface area contributed by atoms with Gasteiger partial charge in [-0.15, -0.1) is 0 Å². The molecule has 110 valence electrons. The van der Waals surface area contributed by atoms with Crippen LogP contribution in [0.2, 0.25) is 0 Å². The van der Waals surface area contributed by atoms with Crippen molar-refractivity contribution in [1.82, 2.24) is 0 Å². The van der Waals surface area contributed by atoms with Gasteiger partial charge in [0, 0.05) is 17.8 Å². The Balaban J connectivity index is 1.75. The molecule has 2 saturated carbocycles. The van der Waals surface area contributed by atoms with E-state index in [1.54, 1.807) is 0 Å². The zero-order valence-electron chi connectivity index (χ0n) is 10.7. The maximum absolute atomic E-state index is 12.4. The van der Waals surface area contributed by atoms with Crippen LogP contribution in [0.4, 0.5) is 13.2 Å². The molecule has 7 heteroatoms. The molecule has 0 N–H and O–H groups in total. The zero-order valence-corrected chi connectivity index (χ0v) is 10.7. The molecule has 5 unspecified atom stereocenters. The van der Waals surface area contributed by atoms with Crippen LogP contribution >= 0.6 is 0 Å². The molecule has 20 heavy (non-hydrogen) atoms. The lowest BCUT2D eigenvalue weighted by atomic mass is 9.64. The molecule has 0 aromatic heterocycles. The molecular formula is C13H13F3O4. The number of rotatable bonds is 2. The Morgan fingerprint density at radius 1 is 1.50 bits per heavy atom. The summed E-state index contributed by atoms with van der Waals surface area (Å²) < 4.78 is 47.3. The molecule has 1 spiro atoms. The lowest BCUT2D eigenvalue weighted by Gasteiger charge is -2.48. The van der Waals surface area contributed by atoms with Gasteiger partial charge in [-0.3, -0.25) is 4.79 Å². The number of halogens is 3. The molecule has 5 atom stereocenters. The quantitative estimate of drug-likeness (QED) is 0.576. The van der Waals surface area contributed by atoms with E-state index in [4.69, 9.17) is 9.47 Å². The van der Waals surface area contributed by atoms with E-state index in [0.717, 1.165) is 0 Å². The number of fused-ring (bicyclic) bond motifs is 2. The van der Waals surface area contributed by atoms with E-state index in [9.17, 15) is 22.8 Å². The van der Waals surface area contributed by atoms with Gasteiger partial charge in [-0.05, 0) is 12.3 Å². The molecule has 2 heterocycles. The van der Waals surface area contributed by atoms with Crippen LogP contribution in [0, 0.1) is 17.3 Å². The molecule has 0 radical (unpaired) electrons. The van der Waals surface area contributed by atoms with Crippen molar-refractivity contribution < 1.29 is 32.2 Å². The number of esters is 2. The first-order valence-corrected chi connectivity index (χ1v) is 6.34. The molecule has 2 saturated heterocycles. The largest absolute Gasteiger partial charge is 0.458 e. The van der Waals surface area contributed by atoms with E-state index >= 15 is 0 Å². The Hall–Kier alpha value is -1.53. The van der Waals surface area contributed by atoms with Crippen molar-refractivity contribution in [2.75, 3.05) is 0 Å². The van der Waals surface area contributed by atoms with E-state index in [1.807, 2.05) is 6.92 Å². The molecule has 4 rings (SSSR count). The maximum atomic E-state index is 12.4. The van der Waals surface area contributed by atoms with Crippen molar-refractivity contribution in [3.8, 4) is 0 Å². The van der Waals surface area contributed by atoms with Crippen LogP contribution in [0.3, 0.4) is 0 Å². The van der Waals surface area contributed by atoms with Crippen molar-refractivity contribution in [2.24, 2.45) is 17.3 Å². The Morgan fingerprint density at radius 3 is 2.75 bits per heavy atom. The van der Waals surface area contributed by atoms with Crippen LogP contribution in [-0.2, 0) is 19.1 Å². The summed E-state index contributed by atoms with van der Waals surface area (Å²) in [5.41, 5.74) is -1.91. The molecule has 0 aromatic carbocycles. The predicted octanol–water partition coefficient (Wildman–Crippen LogP) is 1.99. The van der Waals surface area contributed by atoms with Crippen molar-refractivity contribution in [3.05, 3.63) is 12.2 Å². The highest BCUT2D eigenvalue weighted by Gasteiger charge is 2.77. The van der Waals surface area contributed by atoms with Gasteiger partial charge in [0.25, 0.3) is 0 Å². The second kappa shape index (κ2) is 3.77. The fourth-order valence-electron chi connectivity index (χ4n) is 3.59. The van der Waals surface area contributed by atoms with Gasteiger partial charge in [0.1, 0.15) is 17.8 Å². The summed E-state index contributed by atoms with van der Waals surface area (Å²) in [6, 6.07) is 0. The van der Waals surface area contributed by atoms with Gasteiger partial charge in [-0.2, -0.15) is 13.2 Å². The van der Waals surface area contributed by atoms with Gasteiger partial charge in [-0.1, -0.05) is 13.5 Å². The third-order valence-corrected chi connectivity index (χ3v) is 4.87. The smallest absolute Gasteiger partial charge is 0.422 e. The van der Waals surface area contributed by atoms with Crippen LogP contribution in [-0.4, -0.2) is 30.3 Å². The summed E-state index contributed by atoms with van der Waals surface area (Å²) in [4.78, 5) is 23.0. The van der Waals surface area contributed by atoms with E-state index in [2.05, 4.69) is 6.58 Å². The Labute approximate surface area is 112 Å². The SMILES string of the molecule is C=C(C(=O)OC1C2OC(=O)CC3CC31C2C)C(F)(F)F. The first kappa shape index (κ1) is 13.5. The van der Waals surface area contributed by atoms with Crippen molar-refractivity contribution in [3.63, 3.8) is 0 Å². The summed E-state index contributed by atoms with van der Waals surface area (Å²) in [7, 11) is 0.